The van der Waals surface area contributed by atoms with Gasteiger partial charge in [0, 0.05) is 20.6 Å². The summed E-state index contributed by atoms with van der Waals surface area (Å²) in [4.78, 5) is 25.7. The van der Waals surface area contributed by atoms with Crippen LogP contribution in [-0.4, -0.2) is 48.3 Å². The van der Waals surface area contributed by atoms with Crippen LogP contribution in [0.2, 0.25) is 0 Å². The Labute approximate surface area is 78.5 Å². The highest BCUT2D eigenvalue weighted by atomic mass is 16.2. The van der Waals surface area contributed by atoms with Crippen molar-refractivity contribution in [3.8, 4) is 0 Å². The summed E-state index contributed by atoms with van der Waals surface area (Å²) in [7, 11) is 3.36. The van der Waals surface area contributed by atoms with Gasteiger partial charge in [-0.2, -0.15) is 0 Å². The molecule has 0 spiro atoms. The normalized spacial score (nSPS) is 24.5. The van der Waals surface area contributed by atoms with E-state index in [2.05, 4.69) is 13.8 Å². The Kier molecular flexibility index (Phi) is 2.59. The molecule has 1 heterocycles. The van der Waals surface area contributed by atoms with Crippen molar-refractivity contribution in [1.82, 2.24) is 9.80 Å². The van der Waals surface area contributed by atoms with Gasteiger partial charge in [0.15, 0.2) is 0 Å². The van der Waals surface area contributed by atoms with Crippen molar-refractivity contribution in [2.45, 2.75) is 19.9 Å². The Morgan fingerprint density at radius 1 is 1.23 bits per heavy atom. The molecular weight excluding hydrogens is 168 g/mol. The third-order valence-corrected chi connectivity index (χ3v) is 2.58. The molecule has 13 heavy (non-hydrogen) atoms. The van der Waals surface area contributed by atoms with Gasteiger partial charge in [0.2, 0.25) is 0 Å². The zero-order valence-electron chi connectivity index (χ0n) is 8.57. The van der Waals surface area contributed by atoms with Crippen molar-refractivity contribution in [2.75, 3.05) is 20.6 Å². The number of likely N-dealkylation sites (N-methyl/N-ethyl adjacent to an activating group) is 2. The maximum absolute atomic E-state index is 11.4. The van der Waals surface area contributed by atoms with E-state index in [4.69, 9.17) is 0 Å². The summed E-state index contributed by atoms with van der Waals surface area (Å²) in [6.45, 7) is 4.74. The monoisotopic (exact) mass is 184 g/mol. The molecule has 1 unspecified atom stereocenters. The lowest BCUT2D eigenvalue weighted by Gasteiger charge is -2.38. The fraction of sp³-hybridized carbons (Fsp3) is 0.778. The molecule has 4 nitrogen and oxygen atoms in total. The molecule has 1 saturated heterocycles. The molecule has 0 N–H and O–H groups in total. The number of hydrogen-bond acceptors (Lipinski definition) is 2. The third-order valence-electron chi connectivity index (χ3n) is 2.58. The van der Waals surface area contributed by atoms with Gasteiger partial charge in [0.1, 0.15) is 0 Å². The Balaban J connectivity index is 2.82. The highest BCUT2D eigenvalue weighted by Crippen LogP contribution is 2.15. The molecule has 0 aromatic carbocycles. The first-order chi connectivity index (χ1) is 5.95. The van der Waals surface area contributed by atoms with Crippen LogP contribution in [0.15, 0.2) is 0 Å². The molecule has 0 bridgehead atoms. The lowest BCUT2D eigenvalue weighted by molar-refractivity contribution is -0.157. The molecule has 0 aromatic heterocycles. The molecule has 0 aromatic rings. The second-order valence-corrected chi connectivity index (χ2v) is 3.91. The quantitative estimate of drug-likeness (QED) is 0.536. The van der Waals surface area contributed by atoms with E-state index in [0.717, 1.165) is 0 Å². The number of carbonyl (C=O) groups excluding carboxylic acids is 2. The van der Waals surface area contributed by atoms with E-state index in [1.807, 2.05) is 0 Å². The first-order valence-electron chi connectivity index (χ1n) is 4.47. The van der Waals surface area contributed by atoms with E-state index in [9.17, 15) is 9.59 Å². The first-order valence-corrected chi connectivity index (χ1v) is 4.47. The molecule has 1 fully saturated rings. The van der Waals surface area contributed by atoms with Crippen LogP contribution >= 0.6 is 0 Å². The third kappa shape index (κ3) is 1.66. The topological polar surface area (TPSA) is 40.6 Å². The summed E-state index contributed by atoms with van der Waals surface area (Å²) in [6.07, 6.45) is 0. The zero-order valence-corrected chi connectivity index (χ0v) is 8.57. The van der Waals surface area contributed by atoms with Gasteiger partial charge < -0.3 is 9.80 Å². The van der Waals surface area contributed by atoms with Crippen LogP contribution in [0.4, 0.5) is 0 Å². The van der Waals surface area contributed by atoms with Crippen LogP contribution in [0.5, 0.6) is 0 Å². The molecule has 1 atom stereocenters. The second kappa shape index (κ2) is 3.36. The number of carbonyl (C=O) groups is 2. The van der Waals surface area contributed by atoms with Gasteiger partial charge >= 0.3 is 11.8 Å². The largest absolute Gasteiger partial charge is 0.335 e. The SMILES string of the molecule is CC(C)C1CN(C)C(=O)C(=O)N1C. The average Bonchev–Trinajstić information content (AvgIpc) is 2.07. The molecular formula is C9H16N2O2. The predicted octanol–water partition coefficient (Wildman–Crippen LogP) is -0.0586. The van der Waals surface area contributed by atoms with Crippen molar-refractivity contribution in [2.24, 2.45) is 5.92 Å². The van der Waals surface area contributed by atoms with Gasteiger partial charge in [0.05, 0.1) is 6.04 Å². The number of rotatable bonds is 1. The standard InChI is InChI=1S/C9H16N2O2/c1-6(2)7-5-10(3)8(12)9(13)11(7)4/h6-7H,5H2,1-4H3. The van der Waals surface area contributed by atoms with Gasteiger partial charge in [-0.05, 0) is 5.92 Å². The Hall–Kier alpha value is -1.06. The predicted molar refractivity (Wildman–Crippen MR) is 49.0 cm³/mol. The van der Waals surface area contributed by atoms with Crippen LogP contribution in [0.3, 0.4) is 0 Å². The highest BCUT2D eigenvalue weighted by Gasteiger charge is 2.36. The van der Waals surface area contributed by atoms with Crippen LogP contribution in [0.25, 0.3) is 0 Å². The Morgan fingerprint density at radius 3 is 2.23 bits per heavy atom. The van der Waals surface area contributed by atoms with Gasteiger partial charge in [-0.25, -0.2) is 0 Å². The number of amides is 2. The summed E-state index contributed by atoms with van der Waals surface area (Å²) < 4.78 is 0. The molecule has 0 radical (unpaired) electrons. The maximum atomic E-state index is 11.4. The molecule has 1 rings (SSSR count). The molecule has 2 amide bonds. The number of piperazine rings is 1. The number of nitrogens with zero attached hydrogens (tertiary/aromatic N) is 2. The van der Waals surface area contributed by atoms with Crippen LogP contribution in [0.1, 0.15) is 13.8 Å². The van der Waals surface area contributed by atoms with Crippen molar-refractivity contribution in [1.29, 1.82) is 0 Å². The average molecular weight is 184 g/mol. The van der Waals surface area contributed by atoms with E-state index in [0.29, 0.717) is 12.5 Å². The summed E-state index contributed by atoms with van der Waals surface area (Å²) >= 11 is 0. The van der Waals surface area contributed by atoms with Gasteiger partial charge in [-0.1, -0.05) is 13.8 Å². The first kappa shape index (κ1) is 10.0. The summed E-state index contributed by atoms with van der Waals surface area (Å²) in [5.74, 6) is -0.420. The molecule has 1 aliphatic heterocycles. The number of hydrogen-bond donors (Lipinski definition) is 0. The fourth-order valence-electron chi connectivity index (χ4n) is 1.61. The van der Waals surface area contributed by atoms with Crippen LogP contribution in [-0.2, 0) is 9.59 Å². The van der Waals surface area contributed by atoms with Gasteiger partial charge in [-0.3, -0.25) is 9.59 Å². The van der Waals surface area contributed by atoms with E-state index in [1.165, 1.54) is 4.90 Å². The van der Waals surface area contributed by atoms with E-state index >= 15 is 0 Å². The molecule has 74 valence electrons. The lowest BCUT2D eigenvalue weighted by Crippen LogP contribution is -2.58. The van der Waals surface area contributed by atoms with Crippen LogP contribution < -0.4 is 0 Å². The van der Waals surface area contributed by atoms with E-state index in [1.54, 1.807) is 19.0 Å². The second-order valence-electron chi connectivity index (χ2n) is 3.91. The summed E-state index contributed by atoms with van der Waals surface area (Å²) in [5.41, 5.74) is 0. The van der Waals surface area contributed by atoms with E-state index in [-0.39, 0.29) is 6.04 Å². The zero-order chi connectivity index (χ0) is 10.2. The minimum absolute atomic E-state index is 0.148. The molecule has 4 heteroatoms. The fourth-order valence-corrected chi connectivity index (χ4v) is 1.61. The highest BCUT2D eigenvalue weighted by molar-refractivity contribution is 6.35. The molecule has 0 aliphatic carbocycles. The van der Waals surface area contributed by atoms with Gasteiger partial charge in [0.25, 0.3) is 0 Å². The maximum Gasteiger partial charge on any atom is 0.312 e. The van der Waals surface area contributed by atoms with Crippen molar-refractivity contribution in [3.05, 3.63) is 0 Å². The lowest BCUT2D eigenvalue weighted by atomic mass is 10.0. The Bertz CT molecular complexity index is 238. The Morgan fingerprint density at radius 2 is 1.77 bits per heavy atom. The smallest absolute Gasteiger partial charge is 0.312 e. The van der Waals surface area contributed by atoms with Crippen molar-refractivity contribution >= 4 is 11.8 Å². The van der Waals surface area contributed by atoms with Crippen molar-refractivity contribution < 1.29 is 9.59 Å². The summed E-state index contributed by atoms with van der Waals surface area (Å²) in [5, 5.41) is 0. The summed E-state index contributed by atoms with van der Waals surface area (Å²) in [6, 6.07) is 0.148. The molecule has 0 saturated carbocycles. The van der Waals surface area contributed by atoms with Gasteiger partial charge in [-0.15, -0.1) is 0 Å². The minimum Gasteiger partial charge on any atom is -0.335 e. The van der Waals surface area contributed by atoms with Crippen LogP contribution in [0, 0.1) is 5.92 Å². The van der Waals surface area contributed by atoms with E-state index < -0.39 is 11.8 Å². The molecule has 1 aliphatic rings. The minimum atomic E-state index is -0.403. The van der Waals surface area contributed by atoms with Crippen molar-refractivity contribution in [3.63, 3.8) is 0 Å².